The number of aromatic nitrogens is 2. The first-order valence-corrected chi connectivity index (χ1v) is 9.28. The van der Waals surface area contributed by atoms with Gasteiger partial charge in [-0.3, -0.25) is 4.90 Å². The van der Waals surface area contributed by atoms with Crippen LogP contribution in [-0.2, 0) is 24.4 Å². The molecule has 0 saturated carbocycles. The fourth-order valence-electron chi connectivity index (χ4n) is 3.57. The summed E-state index contributed by atoms with van der Waals surface area (Å²) in [4.78, 5) is 6.72. The third-order valence-corrected chi connectivity index (χ3v) is 4.89. The topological polar surface area (TPSA) is 48.8 Å². The third kappa shape index (κ3) is 4.37. The zero-order valence-electron chi connectivity index (χ0n) is 16.0. The Kier molecular flexibility index (Phi) is 6.52. The van der Waals surface area contributed by atoms with Crippen molar-refractivity contribution in [3.63, 3.8) is 0 Å². The van der Waals surface area contributed by atoms with Gasteiger partial charge in [-0.2, -0.15) is 0 Å². The van der Waals surface area contributed by atoms with Gasteiger partial charge < -0.3 is 18.8 Å². The first kappa shape index (κ1) is 18.7. The minimum atomic E-state index is 0.296. The lowest BCUT2D eigenvalue weighted by atomic mass is 10.1. The summed E-state index contributed by atoms with van der Waals surface area (Å²) < 4.78 is 19.1. The van der Waals surface area contributed by atoms with Crippen LogP contribution in [-0.4, -0.2) is 47.9 Å². The van der Waals surface area contributed by atoms with E-state index in [-0.39, 0.29) is 0 Å². The highest BCUT2D eigenvalue weighted by atomic mass is 16.5. The van der Waals surface area contributed by atoms with Gasteiger partial charge in [0, 0.05) is 44.5 Å². The van der Waals surface area contributed by atoms with E-state index < -0.39 is 0 Å². The number of hydrogen-bond acceptors (Lipinski definition) is 5. The Labute approximate surface area is 155 Å². The highest BCUT2D eigenvalue weighted by molar-refractivity contribution is 5.46. The molecule has 6 heteroatoms. The van der Waals surface area contributed by atoms with Gasteiger partial charge in [-0.1, -0.05) is 12.1 Å². The zero-order chi connectivity index (χ0) is 18.4. The summed E-state index contributed by atoms with van der Waals surface area (Å²) in [6, 6.07) is 6.04. The van der Waals surface area contributed by atoms with Crippen molar-refractivity contribution in [2.24, 2.45) is 0 Å². The van der Waals surface area contributed by atoms with Gasteiger partial charge in [0.25, 0.3) is 0 Å². The van der Waals surface area contributed by atoms with E-state index in [1.165, 1.54) is 5.69 Å². The van der Waals surface area contributed by atoms with Gasteiger partial charge in [0.2, 0.25) is 0 Å². The van der Waals surface area contributed by atoms with E-state index in [2.05, 4.69) is 27.4 Å². The van der Waals surface area contributed by atoms with Crippen LogP contribution in [0.3, 0.4) is 0 Å². The van der Waals surface area contributed by atoms with Crippen LogP contribution in [0.25, 0.3) is 0 Å². The molecule has 1 aromatic heterocycles. The molecule has 1 aliphatic rings. The lowest BCUT2D eigenvalue weighted by molar-refractivity contribution is 0.0668. The van der Waals surface area contributed by atoms with Crippen molar-refractivity contribution in [2.45, 2.75) is 45.5 Å². The zero-order valence-corrected chi connectivity index (χ0v) is 16.0. The number of para-hydroxylation sites is 1. The fraction of sp³-hybridized carbons (Fsp3) is 0.550. The molecule has 1 unspecified atom stereocenters. The minimum Gasteiger partial charge on any atom is -0.493 e. The van der Waals surface area contributed by atoms with Gasteiger partial charge in [-0.15, -0.1) is 0 Å². The number of aryl methyl sites for hydroxylation is 1. The Morgan fingerprint density at radius 3 is 2.85 bits per heavy atom. The molecule has 1 saturated heterocycles. The number of benzene rings is 1. The van der Waals surface area contributed by atoms with Crippen molar-refractivity contribution in [1.29, 1.82) is 0 Å². The largest absolute Gasteiger partial charge is 0.493 e. The molecule has 0 bridgehead atoms. The summed E-state index contributed by atoms with van der Waals surface area (Å²) in [5, 5.41) is 0. The standard InChI is InChI=1S/C20H29N3O3/c1-4-23-15-21-11-17(23)13-22(14-18-8-6-10-26-18)12-16-7-5-9-19(24-2)20(16)25-3/h5,7,9,11,15,18H,4,6,8,10,12-14H2,1-3H3. The van der Waals surface area contributed by atoms with Gasteiger partial charge in [0.05, 0.1) is 32.3 Å². The number of hydrogen-bond donors (Lipinski definition) is 0. The molecule has 0 spiro atoms. The molecule has 1 aromatic carbocycles. The average molecular weight is 359 g/mol. The Morgan fingerprint density at radius 1 is 1.27 bits per heavy atom. The number of rotatable bonds is 9. The van der Waals surface area contributed by atoms with Crippen molar-refractivity contribution in [2.75, 3.05) is 27.4 Å². The molecule has 2 aromatic rings. The minimum absolute atomic E-state index is 0.296. The summed E-state index contributed by atoms with van der Waals surface area (Å²) >= 11 is 0. The van der Waals surface area contributed by atoms with Crippen LogP contribution >= 0.6 is 0 Å². The second-order valence-electron chi connectivity index (χ2n) is 6.63. The third-order valence-electron chi connectivity index (χ3n) is 4.89. The molecule has 0 N–H and O–H groups in total. The normalized spacial score (nSPS) is 17.0. The SMILES string of the molecule is CCn1cncc1CN(Cc1cccc(OC)c1OC)CC1CCCO1. The fourth-order valence-corrected chi connectivity index (χ4v) is 3.57. The Balaban J connectivity index is 1.81. The lowest BCUT2D eigenvalue weighted by Crippen LogP contribution is -2.32. The summed E-state index contributed by atoms with van der Waals surface area (Å²) in [5.41, 5.74) is 2.33. The predicted molar refractivity (Wildman–Crippen MR) is 101 cm³/mol. The maximum atomic E-state index is 5.88. The Morgan fingerprint density at radius 2 is 2.15 bits per heavy atom. The predicted octanol–water partition coefficient (Wildman–Crippen LogP) is 3.10. The highest BCUT2D eigenvalue weighted by Crippen LogP contribution is 2.32. The first-order chi connectivity index (χ1) is 12.7. The molecular weight excluding hydrogens is 330 g/mol. The Hall–Kier alpha value is -2.05. The van der Waals surface area contributed by atoms with Gasteiger partial charge in [0.1, 0.15) is 0 Å². The van der Waals surface area contributed by atoms with Crippen LogP contribution in [0.1, 0.15) is 31.0 Å². The number of imidazole rings is 1. The molecule has 2 heterocycles. The summed E-state index contributed by atoms with van der Waals surface area (Å²) in [6.07, 6.45) is 6.41. The molecule has 3 rings (SSSR count). The van der Waals surface area contributed by atoms with Crippen molar-refractivity contribution < 1.29 is 14.2 Å². The number of ether oxygens (including phenoxy) is 3. The van der Waals surface area contributed by atoms with Crippen LogP contribution in [0, 0.1) is 0 Å². The molecule has 0 aliphatic carbocycles. The summed E-state index contributed by atoms with van der Waals surface area (Å²) in [5.74, 6) is 1.57. The quantitative estimate of drug-likeness (QED) is 0.689. The van der Waals surface area contributed by atoms with E-state index in [9.17, 15) is 0 Å². The van der Waals surface area contributed by atoms with Crippen LogP contribution < -0.4 is 9.47 Å². The van der Waals surface area contributed by atoms with E-state index in [0.717, 1.165) is 62.7 Å². The molecule has 6 nitrogen and oxygen atoms in total. The van der Waals surface area contributed by atoms with Crippen LogP contribution in [0.4, 0.5) is 0 Å². The van der Waals surface area contributed by atoms with E-state index in [4.69, 9.17) is 14.2 Å². The van der Waals surface area contributed by atoms with E-state index in [0.29, 0.717) is 6.10 Å². The van der Waals surface area contributed by atoms with Gasteiger partial charge >= 0.3 is 0 Å². The number of methoxy groups -OCH3 is 2. The van der Waals surface area contributed by atoms with Gasteiger partial charge in [0.15, 0.2) is 11.5 Å². The van der Waals surface area contributed by atoms with Gasteiger partial charge in [-0.25, -0.2) is 4.98 Å². The van der Waals surface area contributed by atoms with Crippen molar-refractivity contribution in [1.82, 2.24) is 14.5 Å². The summed E-state index contributed by atoms with van der Waals surface area (Å²) in [6.45, 7) is 6.43. The highest BCUT2D eigenvalue weighted by Gasteiger charge is 2.22. The van der Waals surface area contributed by atoms with E-state index in [1.807, 2.05) is 24.7 Å². The van der Waals surface area contributed by atoms with Crippen LogP contribution in [0.5, 0.6) is 11.5 Å². The van der Waals surface area contributed by atoms with Crippen molar-refractivity contribution in [3.05, 3.63) is 42.0 Å². The van der Waals surface area contributed by atoms with Crippen LogP contribution in [0.2, 0.25) is 0 Å². The first-order valence-electron chi connectivity index (χ1n) is 9.28. The molecular formula is C20H29N3O3. The smallest absolute Gasteiger partial charge is 0.165 e. The molecule has 142 valence electrons. The maximum Gasteiger partial charge on any atom is 0.165 e. The van der Waals surface area contributed by atoms with Crippen LogP contribution in [0.15, 0.2) is 30.7 Å². The lowest BCUT2D eigenvalue weighted by Gasteiger charge is -2.26. The second-order valence-corrected chi connectivity index (χ2v) is 6.63. The number of nitrogens with zero attached hydrogens (tertiary/aromatic N) is 3. The maximum absolute atomic E-state index is 5.88. The monoisotopic (exact) mass is 359 g/mol. The molecule has 26 heavy (non-hydrogen) atoms. The molecule has 0 radical (unpaired) electrons. The Bertz CT molecular complexity index is 695. The second kappa shape index (κ2) is 9.05. The summed E-state index contributed by atoms with van der Waals surface area (Å²) in [7, 11) is 3.36. The molecule has 0 amide bonds. The molecule has 1 atom stereocenters. The van der Waals surface area contributed by atoms with Crippen molar-refractivity contribution >= 4 is 0 Å². The molecule has 1 aliphatic heterocycles. The van der Waals surface area contributed by atoms with Gasteiger partial charge in [-0.05, 0) is 25.8 Å². The van der Waals surface area contributed by atoms with Crippen molar-refractivity contribution in [3.8, 4) is 11.5 Å². The van der Waals surface area contributed by atoms with E-state index in [1.54, 1.807) is 14.2 Å². The van der Waals surface area contributed by atoms with E-state index >= 15 is 0 Å². The molecule has 1 fully saturated rings. The average Bonchev–Trinajstić information content (AvgIpc) is 3.33.